The van der Waals surface area contributed by atoms with Gasteiger partial charge in [-0.1, -0.05) is 91.0 Å². The molecule has 0 fully saturated rings. The van der Waals surface area contributed by atoms with Crippen LogP contribution in [0, 0.1) is 5.92 Å². The molecule has 34 heavy (non-hydrogen) atoms. The van der Waals surface area contributed by atoms with Gasteiger partial charge in [0.2, 0.25) is 5.91 Å². The van der Waals surface area contributed by atoms with Crippen LogP contribution in [0.15, 0.2) is 91.0 Å². The Morgan fingerprint density at radius 2 is 1.38 bits per heavy atom. The molecule has 0 saturated heterocycles. The van der Waals surface area contributed by atoms with Crippen LogP contribution < -0.4 is 0 Å². The number of amides is 1. The first-order valence-electron chi connectivity index (χ1n) is 11.8. The van der Waals surface area contributed by atoms with Gasteiger partial charge in [0, 0.05) is 13.0 Å². The van der Waals surface area contributed by atoms with E-state index in [4.69, 9.17) is 4.74 Å². The highest BCUT2D eigenvalue weighted by Gasteiger charge is 2.30. The predicted octanol–water partition coefficient (Wildman–Crippen LogP) is 4.39. The van der Waals surface area contributed by atoms with Crippen LogP contribution in [0.2, 0.25) is 0 Å². The highest BCUT2D eigenvalue weighted by Crippen LogP contribution is 2.24. The Bertz CT molecular complexity index is 981. The van der Waals surface area contributed by atoms with E-state index in [1.165, 1.54) is 0 Å². The molecule has 5 nitrogen and oxygen atoms in total. The van der Waals surface area contributed by atoms with Crippen molar-refractivity contribution in [2.75, 3.05) is 13.7 Å². The molecule has 2 N–H and O–H groups in total. The van der Waals surface area contributed by atoms with Crippen LogP contribution in [0.3, 0.4) is 0 Å². The van der Waals surface area contributed by atoms with Crippen molar-refractivity contribution in [1.29, 1.82) is 0 Å². The van der Waals surface area contributed by atoms with Crippen molar-refractivity contribution in [2.45, 2.75) is 44.6 Å². The zero-order valence-electron chi connectivity index (χ0n) is 20.0. The summed E-state index contributed by atoms with van der Waals surface area (Å²) in [7, 11) is 1.72. The van der Waals surface area contributed by atoms with Crippen LogP contribution in [-0.4, -0.2) is 46.8 Å². The summed E-state index contributed by atoms with van der Waals surface area (Å²) in [5, 5.41) is 21.5. The zero-order chi connectivity index (χ0) is 24.3. The summed E-state index contributed by atoms with van der Waals surface area (Å²) < 4.78 is 5.70. The maximum Gasteiger partial charge on any atom is 0.226 e. The predicted molar refractivity (Wildman–Crippen MR) is 134 cm³/mol. The van der Waals surface area contributed by atoms with E-state index in [1.807, 2.05) is 97.9 Å². The third-order valence-electron chi connectivity index (χ3n) is 6.21. The summed E-state index contributed by atoms with van der Waals surface area (Å²) in [6, 6.07) is 28.5. The van der Waals surface area contributed by atoms with Crippen molar-refractivity contribution in [3.8, 4) is 0 Å². The van der Waals surface area contributed by atoms with Gasteiger partial charge in [-0.15, -0.1) is 0 Å². The van der Waals surface area contributed by atoms with Crippen LogP contribution in [0.1, 0.15) is 36.1 Å². The van der Waals surface area contributed by atoms with Gasteiger partial charge in [-0.2, -0.15) is 0 Å². The smallest absolute Gasteiger partial charge is 0.226 e. The van der Waals surface area contributed by atoms with Crippen LogP contribution in [0.5, 0.6) is 0 Å². The molecule has 3 aromatic rings. The second kappa shape index (κ2) is 13.0. The quantitative estimate of drug-likeness (QED) is 0.420. The lowest BCUT2D eigenvalue weighted by Crippen LogP contribution is -2.43. The summed E-state index contributed by atoms with van der Waals surface area (Å²) in [6.45, 7) is 2.41. The molecule has 0 radical (unpaired) electrons. The van der Waals surface area contributed by atoms with E-state index >= 15 is 0 Å². The molecule has 0 heterocycles. The summed E-state index contributed by atoms with van der Waals surface area (Å²) in [6.07, 6.45) is -0.787. The van der Waals surface area contributed by atoms with Crippen molar-refractivity contribution in [3.63, 3.8) is 0 Å². The summed E-state index contributed by atoms with van der Waals surface area (Å²) in [5.74, 6) is -0.540. The molecule has 4 atom stereocenters. The second-order valence-corrected chi connectivity index (χ2v) is 8.82. The van der Waals surface area contributed by atoms with Crippen LogP contribution in [-0.2, 0) is 22.6 Å². The van der Waals surface area contributed by atoms with Gasteiger partial charge in [0.1, 0.15) is 0 Å². The fraction of sp³-hybridized carbons (Fsp3) is 0.345. The van der Waals surface area contributed by atoms with Gasteiger partial charge in [0.25, 0.3) is 0 Å². The second-order valence-electron chi connectivity index (χ2n) is 8.82. The highest BCUT2D eigenvalue weighted by atomic mass is 16.5. The van der Waals surface area contributed by atoms with Crippen LogP contribution in [0.25, 0.3) is 0 Å². The normalized spacial score (nSPS) is 14.7. The number of carbonyl (C=O) groups excluding carboxylic acids is 1. The van der Waals surface area contributed by atoms with Gasteiger partial charge in [-0.25, -0.2) is 0 Å². The maximum absolute atomic E-state index is 13.5. The Balaban J connectivity index is 1.65. The van der Waals surface area contributed by atoms with E-state index in [0.29, 0.717) is 13.0 Å². The highest BCUT2D eigenvalue weighted by molar-refractivity contribution is 5.79. The molecule has 0 aliphatic rings. The number of ether oxygens (including phenoxy) is 1. The Labute approximate surface area is 202 Å². The van der Waals surface area contributed by atoms with Crippen molar-refractivity contribution < 1.29 is 19.7 Å². The molecule has 180 valence electrons. The van der Waals surface area contributed by atoms with E-state index in [2.05, 4.69) is 0 Å². The van der Waals surface area contributed by atoms with Gasteiger partial charge >= 0.3 is 0 Å². The SMILES string of the molecule is C[C@@H]([C@@H](O)c1ccccc1)N(C)C(=O)[C@@H](Cc1ccccc1)C[C@@H](O)COCc1ccccc1. The van der Waals surface area contributed by atoms with E-state index in [1.54, 1.807) is 11.9 Å². The molecule has 1 amide bonds. The number of likely N-dealkylation sites (N-methyl/N-ethyl adjacent to an activating group) is 1. The largest absolute Gasteiger partial charge is 0.391 e. The molecular formula is C29H35NO4. The molecule has 3 rings (SSSR count). The molecule has 0 aromatic heterocycles. The average molecular weight is 462 g/mol. The van der Waals surface area contributed by atoms with Crippen molar-refractivity contribution >= 4 is 5.91 Å². The lowest BCUT2D eigenvalue weighted by atomic mass is 9.91. The van der Waals surface area contributed by atoms with Gasteiger partial charge < -0.3 is 19.8 Å². The van der Waals surface area contributed by atoms with E-state index in [0.717, 1.165) is 16.7 Å². The Kier molecular flexibility index (Phi) is 9.83. The Hall–Kier alpha value is -2.99. The number of carbonyl (C=O) groups is 1. The number of aliphatic hydroxyl groups is 2. The van der Waals surface area contributed by atoms with Gasteiger partial charge in [-0.05, 0) is 36.5 Å². The monoisotopic (exact) mass is 461 g/mol. The standard InChI is InChI=1S/C29H35NO4/c1-22(28(32)25-16-10-5-11-17-25)30(2)29(33)26(18-23-12-6-3-7-13-23)19-27(31)21-34-20-24-14-8-4-9-15-24/h3-17,22,26-28,31-32H,18-21H2,1-2H3/t22-,26-,27+,28+/m0/s1. The zero-order valence-corrected chi connectivity index (χ0v) is 20.0. The first kappa shape index (κ1) is 25.6. The third-order valence-corrected chi connectivity index (χ3v) is 6.21. The minimum absolute atomic E-state index is 0.103. The lowest BCUT2D eigenvalue weighted by Gasteiger charge is -2.33. The van der Waals surface area contributed by atoms with E-state index in [9.17, 15) is 15.0 Å². The first-order valence-corrected chi connectivity index (χ1v) is 11.8. The van der Waals surface area contributed by atoms with Crippen molar-refractivity contribution in [3.05, 3.63) is 108 Å². The number of benzene rings is 3. The molecule has 3 aromatic carbocycles. The summed E-state index contributed by atoms with van der Waals surface area (Å²) in [5.41, 5.74) is 2.83. The van der Waals surface area contributed by atoms with Crippen molar-refractivity contribution in [1.82, 2.24) is 4.90 Å². The fourth-order valence-electron chi connectivity index (χ4n) is 4.08. The number of hydrogen-bond donors (Lipinski definition) is 2. The molecule has 0 saturated carbocycles. The van der Waals surface area contributed by atoms with Gasteiger partial charge in [0.05, 0.1) is 31.5 Å². The molecule has 0 unspecified atom stereocenters. The van der Waals surface area contributed by atoms with Crippen LogP contribution in [0.4, 0.5) is 0 Å². The molecule has 5 heteroatoms. The number of hydrogen-bond acceptors (Lipinski definition) is 4. The Morgan fingerprint density at radius 1 is 0.853 bits per heavy atom. The molecule has 0 aliphatic heterocycles. The van der Waals surface area contributed by atoms with E-state index in [-0.39, 0.29) is 18.9 Å². The minimum atomic E-state index is -0.799. The molecule has 0 aliphatic carbocycles. The number of aliphatic hydroxyl groups excluding tert-OH is 2. The maximum atomic E-state index is 13.5. The minimum Gasteiger partial charge on any atom is -0.391 e. The Morgan fingerprint density at radius 3 is 1.97 bits per heavy atom. The lowest BCUT2D eigenvalue weighted by molar-refractivity contribution is -0.139. The van der Waals surface area contributed by atoms with Gasteiger partial charge in [0.15, 0.2) is 0 Å². The fourth-order valence-corrected chi connectivity index (χ4v) is 4.08. The average Bonchev–Trinajstić information content (AvgIpc) is 2.88. The third kappa shape index (κ3) is 7.52. The van der Waals surface area contributed by atoms with Crippen LogP contribution >= 0.6 is 0 Å². The topological polar surface area (TPSA) is 70.0 Å². The van der Waals surface area contributed by atoms with Crippen molar-refractivity contribution in [2.24, 2.45) is 5.92 Å². The first-order chi connectivity index (χ1) is 16.5. The summed E-state index contributed by atoms with van der Waals surface area (Å²) >= 11 is 0. The van der Waals surface area contributed by atoms with E-state index < -0.39 is 24.2 Å². The molecular weight excluding hydrogens is 426 g/mol. The van der Waals surface area contributed by atoms with Gasteiger partial charge in [-0.3, -0.25) is 4.79 Å². The summed E-state index contributed by atoms with van der Waals surface area (Å²) in [4.78, 5) is 15.1. The number of rotatable bonds is 12. The number of nitrogens with zero attached hydrogens (tertiary/aromatic N) is 1. The molecule has 0 spiro atoms. The molecule has 0 bridgehead atoms.